The zero-order chi connectivity index (χ0) is 16.7. The molecule has 0 atom stereocenters. The molecule has 0 spiro atoms. The summed E-state index contributed by atoms with van der Waals surface area (Å²) in [5.41, 5.74) is 1.13. The van der Waals surface area contributed by atoms with Gasteiger partial charge in [0.25, 0.3) is 0 Å². The zero-order valence-corrected chi connectivity index (χ0v) is 13.9. The lowest BCUT2D eigenvalue weighted by molar-refractivity contribution is 0.491. The predicted octanol–water partition coefficient (Wildman–Crippen LogP) is 1.87. The molecule has 0 saturated heterocycles. The Kier molecular flexibility index (Phi) is 3.65. The Morgan fingerprint density at radius 3 is 2.65 bits per heavy atom. The van der Waals surface area contributed by atoms with Crippen LogP contribution in [-0.2, 0) is 10.0 Å². The van der Waals surface area contributed by atoms with Gasteiger partial charge in [0.1, 0.15) is 11.2 Å². The van der Waals surface area contributed by atoms with Crippen LogP contribution in [0.15, 0.2) is 47.9 Å². The van der Waals surface area contributed by atoms with Crippen LogP contribution in [0.3, 0.4) is 0 Å². The summed E-state index contributed by atoms with van der Waals surface area (Å²) in [5, 5.41) is 4.07. The second-order valence-corrected chi connectivity index (χ2v) is 7.84. The SMILES string of the molecule is CC(C)(C)NS(=O)(=O)c1cccnc1-c1ccc2ncnn2c1. The number of nitrogens with one attached hydrogen (secondary N) is 1. The van der Waals surface area contributed by atoms with Gasteiger partial charge in [-0.3, -0.25) is 4.98 Å². The molecule has 120 valence electrons. The molecule has 0 aromatic carbocycles. The minimum absolute atomic E-state index is 0.134. The maximum atomic E-state index is 12.7. The van der Waals surface area contributed by atoms with Gasteiger partial charge in [0, 0.05) is 23.5 Å². The van der Waals surface area contributed by atoms with Crippen molar-refractivity contribution in [2.45, 2.75) is 31.2 Å². The Labute approximate surface area is 134 Å². The average molecular weight is 331 g/mol. The lowest BCUT2D eigenvalue weighted by Crippen LogP contribution is -2.40. The number of hydrogen-bond acceptors (Lipinski definition) is 5. The van der Waals surface area contributed by atoms with Crippen LogP contribution >= 0.6 is 0 Å². The number of aromatic nitrogens is 4. The van der Waals surface area contributed by atoms with E-state index in [0.29, 0.717) is 16.9 Å². The molecular formula is C15H17N5O2S. The lowest BCUT2D eigenvalue weighted by atomic mass is 10.1. The molecule has 0 aliphatic carbocycles. The van der Waals surface area contributed by atoms with Crippen molar-refractivity contribution in [3.63, 3.8) is 0 Å². The van der Waals surface area contributed by atoms with E-state index in [1.54, 1.807) is 61.9 Å². The van der Waals surface area contributed by atoms with Crippen molar-refractivity contribution < 1.29 is 8.42 Å². The Hall–Kier alpha value is -2.32. The van der Waals surface area contributed by atoms with E-state index in [4.69, 9.17) is 0 Å². The van der Waals surface area contributed by atoms with Gasteiger partial charge >= 0.3 is 0 Å². The fraction of sp³-hybridized carbons (Fsp3) is 0.267. The molecular weight excluding hydrogens is 314 g/mol. The highest BCUT2D eigenvalue weighted by molar-refractivity contribution is 7.89. The summed E-state index contributed by atoms with van der Waals surface area (Å²) >= 11 is 0. The van der Waals surface area contributed by atoms with Crippen LogP contribution < -0.4 is 4.72 Å². The van der Waals surface area contributed by atoms with E-state index in [1.807, 2.05) is 0 Å². The minimum Gasteiger partial charge on any atom is -0.255 e. The summed E-state index contributed by atoms with van der Waals surface area (Å²) in [6, 6.07) is 6.70. The van der Waals surface area contributed by atoms with Crippen molar-refractivity contribution in [1.82, 2.24) is 24.3 Å². The summed E-state index contributed by atoms with van der Waals surface area (Å²) in [7, 11) is -3.69. The topological polar surface area (TPSA) is 89.2 Å². The molecule has 0 aliphatic heterocycles. The monoisotopic (exact) mass is 331 g/mol. The molecule has 3 heterocycles. The molecule has 3 rings (SSSR count). The van der Waals surface area contributed by atoms with Gasteiger partial charge in [-0.1, -0.05) is 0 Å². The molecule has 3 aromatic rings. The molecule has 1 N–H and O–H groups in total. The van der Waals surface area contributed by atoms with E-state index in [1.165, 1.54) is 6.33 Å². The van der Waals surface area contributed by atoms with E-state index in [-0.39, 0.29) is 4.90 Å². The van der Waals surface area contributed by atoms with E-state index < -0.39 is 15.6 Å². The van der Waals surface area contributed by atoms with E-state index in [2.05, 4.69) is 19.8 Å². The Balaban J connectivity index is 2.14. The molecule has 23 heavy (non-hydrogen) atoms. The normalized spacial score (nSPS) is 12.7. The van der Waals surface area contributed by atoms with Gasteiger partial charge in [0.2, 0.25) is 10.0 Å². The molecule has 7 nitrogen and oxygen atoms in total. The van der Waals surface area contributed by atoms with E-state index in [9.17, 15) is 8.42 Å². The number of sulfonamides is 1. The number of pyridine rings is 2. The molecule has 0 radical (unpaired) electrons. The van der Waals surface area contributed by atoms with E-state index >= 15 is 0 Å². The second kappa shape index (κ2) is 5.39. The third-order valence-electron chi connectivity index (χ3n) is 3.05. The maximum absolute atomic E-state index is 12.7. The predicted molar refractivity (Wildman–Crippen MR) is 86.3 cm³/mol. The molecule has 0 fully saturated rings. The van der Waals surface area contributed by atoms with Gasteiger partial charge in [-0.15, -0.1) is 0 Å². The van der Waals surface area contributed by atoms with Crippen LogP contribution in [0.4, 0.5) is 0 Å². The average Bonchev–Trinajstić information content (AvgIpc) is 2.92. The summed E-state index contributed by atoms with van der Waals surface area (Å²) in [4.78, 5) is 8.46. The smallest absolute Gasteiger partial charge is 0.243 e. The summed E-state index contributed by atoms with van der Waals surface area (Å²) in [6.45, 7) is 5.38. The fourth-order valence-electron chi connectivity index (χ4n) is 2.24. The summed E-state index contributed by atoms with van der Waals surface area (Å²) < 4.78 is 29.6. The van der Waals surface area contributed by atoms with Crippen molar-refractivity contribution in [2.75, 3.05) is 0 Å². The van der Waals surface area contributed by atoms with Gasteiger partial charge in [-0.05, 0) is 45.0 Å². The molecule has 8 heteroatoms. The highest BCUT2D eigenvalue weighted by Crippen LogP contribution is 2.25. The van der Waals surface area contributed by atoms with Crippen molar-refractivity contribution in [2.24, 2.45) is 0 Å². The van der Waals surface area contributed by atoms with Crippen LogP contribution in [0.25, 0.3) is 16.9 Å². The first-order valence-electron chi connectivity index (χ1n) is 7.05. The third-order valence-corrected chi connectivity index (χ3v) is 4.84. The minimum atomic E-state index is -3.69. The first-order chi connectivity index (χ1) is 10.8. The van der Waals surface area contributed by atoms with Crippen molar-refractivity contribution in [3.8, 4) is 11.3 Å². The van der Waals surface area contributed by atoms with Crippen molar-refractivity contribution in [3.05, 3.63) is 43.0 Å². The fourth-order valence-corrected chi connectivity index (χ4v) is 3.84. The first kappa shape index (κ1) is 15.6. The highest BCUT2D eigenvalue weighted by atomic mass is 32.2. The summed E-state index contributed by atoms with van der Waals surface area (Å²) in [5.74, 6) is 0. The zero-order valence-electron chi connectivity index (χ0n) is 13.1. The summed E-state index contributed by atoms with van der Waals surface area (Å²) in [6.07, 6.45) is 4.72. The molecule has 0 unspecified atom stereocenters. The molecule has 0 aliphatic rings. The van der Waals surface area contributed by atoms with Crippen molar-refractivity contribution >= 4 is 15.7 Å². The van der Waals surface area contributed by atoms with Crippen LogP contribution in [0.5, 0.6) is 0 Å². The molecule has 3 aromatic heterocycles. The second-order valence-electron chi connectivity index (χ2n) is 6.19. The number of nitrogens with zero attached hydrogens (tertiary/aromatic N) is 4. The quantitative estimate of drug-likeness (QED) is 0.791. The number of hydrogen-bond donors (Lipinski definition) is 1. The van der Waals surface area contributed by atoms with Gasteiger partial charge in [-0.2, -0.15) is 5.10 Å². The van der Waals surface area contributed by atoms with Gasteiger partial charge < -0.3 is 0 Å². The maximum Gasteiger partial charge on any atom is 0.243 e. The number of fused-ring (bicyclic) bond motifs is 1. The first-order valence-corrected chi connectivity index (χ1v) is 8.53. The Morgan fingerprint density at radius 1 is 1.13 bits per heavy atom. The highest BCUT2D eigenvalue weighted by Gasteiger charge is 2.25. The molecule has 0 bridgehead atoms. The van der Waals surface area contributed by atoms with Crippen LogP contribution in [0.1, 0.15) is 20.8 Å². The van der Waals surface area contributed by atoms with Crippen LogP contribution in [0.2, 0.25) is 0 Å². The van der Waals surface area contributed by atoms with E-state index in [0.717, 1.165) is 0 Å². The van der Waals surface area contributed by atoms with Gasteiger partial charge in [-0.25, -0.2) is 22.6 Å². The standard InChI is InChI=1S/C15H17N5O2S/c1-15(2,3)19-23(21,22)12-5-4-8-16-14(12)11-6-7-13-17-10-18-20(13)9-11/h4-10,19H,1-3H3. The van der Waals surface area contributed by atoms with Gasteiger partial charge in [0.05, 0.1) is 5.69 Å². The number of rotatable bonds is 3. The largest absolute Gasteiger partial charge is 0.255 e. The van der Waals surface area contributed by atoms with Crippen LogP contribution in [-0.4, -0.2) is 33.5 Å². The van der Waals surface area contributed by atoms with Crippen molar-refractivity contribution in [1.29, 1.82) is 0 Å². The Bertz CT molecular complexity index is 957. The Morgan fingerprint density at radius 2 is 1.91 bits per heavy atom. The molecule has 0 amide bonds. The van der Waals surface area contributed by atoms with Crippen LogP contribution in [0, 0.1) is 0 Å². The van der Waals surface area contributed by atoms with Gasteiger partial charge in [0.15, 0.2) is 5.65 Å². The lowest BCUT2D eigenvalue weighted by Gasteiger charge is -2.21. The third kappa shape index (κ3) is 3.22. The molecule has 0 saturated carbocycles.